The predicted molar refractivity (Wildman–Crippen MR) is 104 cm³/mol. The van der Waals surface area contributed by atoms with Crippen molar-refractivity contribution in [2.75, 3.05) is 19.5 Å². The number of fused-ring (bicyclic) bond motifs is 1. The fraction of sp³-hybridized carbons (Fsp3) is 0.105. The van der Waals surface area contributed by atoms with Crippen LogP contribution in [-0.2, 0) is 0 Å². The lowest BCUT2D eigenvalue weighted by molar-refractivity contribution is 0.102. The standard InChI is InChI=1S/C19H16N4O3S/c1-25-15-9-5-3-7-12(15)14-11-27-19-21-18(22-23(14)19)20-17(24)13-8-4-6-10-16(13)26-2/h3-11H,1-2H3,(H,20,22,24). The summed E-state index contributed by atoms with van der Waals surface area (Å²) in [4.78, 5) is 17.6. The van der Waals surface area contributed by atoms with E-state index < -0.39 is 0 Å². The van der Waals surface area contributed by atoms with Gasteiger partial charge in [0.15, 0.2) is 0 Å². The number of anilines is 1. The smallest absolute Gasteiger partial charge is 0.261 e. The van der Waals surface area contributed by atoms with Gasteiger partial charge in [-0.05, 0) is 24.3 Å². The molecule has 8 heteroatoms. The first kappa shape index (κ1) is 17.0. The van der Waals surface area contributed by atoms with Crippen LogP contribution in [0.1, 0.15) is 10.4 Å². The van der Waals surface area contributed by atoms with Crippen LogP contribution < -0.4 is 14.8 Å². The van der Waals surface area contributed by atoms with Crippen molar-refractivity contribution in [2.24, 2.45) is 0 Å². The number of carbonyl (C=O) groups is 1. The number of methoxy groups -OCH3 is 2. The second kappa shape index (κ2) is 7.08. The highest BCUT2D eigenvalue weighted by atomic mass is 32.1. The molecule has 0 bridgehead atoms. The first-order valence-electron chi connectivity index (χ1n) is 8.13. The SMILES string of the molecule is COc1ccccc1C(=O)Nc1nc2scc(-c3ccccc3OC)n2n1. The molecule has 0 saturated heterocycles. The van der Waals surface area contributed by atoms with Crippen molar-refractivity contribution in [1.82, 2.24) is 14.6 Å². The van der Waals surface area contributed by atoms with Crippen molar-refractivity contribution in [3.63, 3.8) is 0 Å². The second-order valence-corrected chi connectivity index (χ2v) is 6.44. The van der Waals surface area contributed by atoms with E-state index in [4.69, 9.17) is 9.47 Å². The quantitative estimate of drug-likeness (QED) is 0.571. The fourth-order valence-electron chi connectivity index (χ4n) is 2.78. The third-order valence-corrected chi connectivity index (χ3v) is 4.86. The highest BCUT2D eigenvalue weighted by Gasteiger charge is 2.17. The lowest BCUT2D eigenvalue weighted by Crippen LogP contribution is -2.14. The molecule has 0 aliphatic rings. The molecule has 0 saturated carbocycles. The van der Waals surface area contributed by atoms with Gasteiger partial charge in [-0.2, -0.15) is 4.98 Å². The van der Waals surface area contributed by atoms with Gasteiger partial charge in [-0.1, -0.05) is 24.3 Å². The van der Waals surface area contributed by atoms with Gasteiger partial charge in [-0.15, -0.1) is 16.4 Å². The molecule has 4 aromatic rings. The summed E-state index contributed by atoms with van der Waals surface area (Å²) in [7, 11) is 3.15. The number of amides is 1. The van der Waals surface area contributed by atoms with Crippen LogP contribution in [0.4, 0.5) is 5.95 Å². The minimum absolute atomic E-state index is 0.230. The molecule has 1 amide bonds. The van der Waals surface area contributed by atoms with Crippen LogP contribution in [0.25, 0.3) is 16.2 Å². The molecule has 136 valence electrons. The Labute approximate surface area is 159 Å². The van der Waals surface area contributed by atoms with Crippen molar-refractivity contribution in [3.8, 4) is 22.8 Å². The predicted octanol–water partition coefficient (Wildman–Crippen LogP) is 3.73. The number of benzene rings is 2. The third kappa shape index (κ3) is 3.11. The Balaban J connectivity index is 1.67. The van der Waals surface area contributed by atoms with E-state index in [1.807, 2.05) is 29.6 Å². The molecule has 2 heterocycles. The number of carbonyl (C=O) groups excluding carboxylic acids is 1. The summed E-state index contributed by atoms with van der Waals surface area (Å²) < 4.78 is 12.4. The number of rotatable bonds is 5. The molecule has 2 aromatic carbocycles. The average molecular weight is 380 g/mol. The molecule has 0 aliphatic carbocycles. The monoisotopic (exact) mass is 380 g/mol. The van der Waals surface area contributed by atoms with Gasteiger partial charge < -0.3 is 9.47 Å². The summed E-state index contributed by atoms with van der Waals surface area (Å²) in [6.45, 7) is 0. The van der Waals surface area contributed by atoms with E-state index in [1.54, 1.807) is 35.9 Å². The molecular formula is C19H16N4O3S. The Hall–Kier alpha value is -3.39. The van der Waals surface area contributed by atoms with Gasteiger partial charge in [-0.25, -0.2) is 4.52 Å². The summed E-state index contributed by atoms with van der Waals surface area (Å²) in [5.41, 5.74) is 2.17. The van der Waals surface area contributed by atoms with Gasteiger partial charge in [0, 0.05) is 10.9 Å². The van der Waals surface area contributed by atoms with E-state index in [0.717, 1.165) is 17.0 Å². The van der Waals surface area contributed by atoms with Crippen molar-refractivity contribution < 1.29 is 14.3 Å². The number of thiazole rings is 1. The topological polar surface area (TPSA) is 77.8 Å². The van der Waals surface area contributed by atoms with Crippen LogP contribution in [0.2, 0.25) is 0 Å². The molecule has 7 nitrogen and oxygen atoms in total. The number of aromatic nitrogens is 3. The molecule has 0 atom stereocenters. The molecule has 2 aromatic heterocycles. The fourth-order valence-corrected chi connectivity index (χ4v) is 3.60. The zero-order chi connectivity index (χ0) is 18.8. The zero-order valence-corrected chi connectivity index (χ0v) is 15.5. The van der Waals surface area contributed by atoms with E-state index >= 15 is 0 Å². The van der Waals surface area contributed by atoms with Crippen LogP contribution in [0.5, 0.6) is 11.5 Å². The summed E-state index contributed by atoms with van der Waals surface area (Å²) in [5, 5.41) is 9.12. The lowest BCUT2D eigenvalue weighted by Gasteiger charge is -2.07. The third-order valence-electron chi connectivity index (χ3n) is 4.04. The minimum atomic E-state index is -0.329. The largest absolute Gasteiger partial charge is 0.496 e. The first-order valence-corrected chi connectivity index (χ1v) is 9.01. The maximum absolute atomic E-state index is 12.6. The van der Waals surface area contributed by atoms with Crippen molar-refractivity contribution >= 4 is 28.2 Å². The average Bonchev–Trinajstić information content (AvgIpc) is 3.28. The molecule has 27 heavy (non-hydrogen) atoms. The van der Waals surface area contributed by atoms with Crippen LogP contribution in [0.3, 0.4) is 0 Å². The van der Waals surface area contributed by atoms with Crippen LogP contribution in [0, 0.1) is 0 Å². The number of ether oxygens (including phenoxy) is 2. The maximum atomic E-state index is 12.6. The summed E-state index contributed by atoms with van der Waals surface area (Å²) in [6, 6.07) is 14.7. The molecular weight excluding hydrogens is 364 g/mol. The number of nitrogens with zero attached hydrogens (tertiary/aromatic N) is 3. The molecule has 0 unspecified atom stereocenters. The Morgan fingerprint density at radius 3 is 2.52 bits per heavy atom. The number of para-hydroxylation sites is 2. The molecule has 0 radical (unpaired) electrons. The van der Waals surface area contributed by atoms with E-state index in [-0.39, 0.29) is 11.9 Å². The Kier molecular flexibility index (Phi) is 4.47. The number of nitrogens with one attached hydrogen (secondary N) is 1. The van der Waals surface area contributed by atoms with Crippen molar-refractivity contribution in [1.29, 1.82) is 0 Å². The Bertz CT molecular complexity index is 1120. The van der Waals surface area contributed by atoms with Crippen LogP contribution in [0.15, 0.2) is 53.9 Å². The molecule has 0 spiro atoms. The van der Waals surface area contributed by atoms with Gasteiger partial charge in [0.25, 0.3) is 11.9 Å². The normalized spacial score (nSPS) is 10.7. The summed E-state index contributed by atoms with van der Waals surface area (Å²) >= 11 is 1.44. The Morgan fingerprint density at radius 1 is 1.04 bits per heavy atom. The Morgan fingerprint density at radius 2 is 1.74 bits per heavy atom. The number of hydrogen-bond donors (Lipinski definition) is 1. The lowest BCUT2D eigenvalue weighted by atomic mass is 10.1. The minimum Gasteiger partial charge on any atom is -0.496 e. The van der Waals surface area contributed by atoms with Gasteiger partial charge >= 0.3 is 0 Å². The van der Waals surface area contributed by atoms with E-state index in [1.165, 1.54) is 18.4 Å². The molecule has 0 fully saturated rings. The van der Waals surface area contributed by atoms with E-state index in [9.17, 15) is 4.79 Å². The second-order valence-electron chi connectivity index (χ2n) is 5.61. The maximum Gasteiger partial charge on any atom is 0.261 e. The number of hydrogen-bond acceptors (Lipinski definition) is 6. The highest BCUT2D eigenvalue weighted by molar-refractivity contribution is 7.15. The van der Waals surface area contributed by atoms with Gasteiger partial charge in [0.2, 0.25) is 4.96 Å². The van der Waals surface area contributed by atoms with Crippen molar-refractivity contribution in [2.45, 2.75) is 0 Å². The van der Waals surface area contributed by atoms with Gasteiger partial charge in [0.05, 0.1) is 25.5 Å². The zero-order valence-electron chi connectivity index (χ0n) is 14.7. The molecule has 4 rings (SSSR count). The summed E-state index contributed by atoms with van der Waals surface area (Å²) in [5.74, 6) is 1.14. The molecule has 0 aliphatic heterocycles. The van der Waals surface area contributed by atoms with Crippen LogP contribution in [-0.4, -0.2) is 34.7 Å². The van der Waals surface area contributed by atoms with E-state index in [2.05, 4.69) is 15.4 Å². The summed E-state index contributed by atoms with van der Waals surface area (Å²) in [6.07, 6.45) is 0. The van der Waals surface area contributed by atoms with Gasteiger partial charge in [-0.3, -0.25) is 10.1 Å². The van der Waals surface area contributed by atoms with Gasteiger partial charge in [0.1, 0.15) is 11.5 Å². The van der Waals surface area contributed by atoms with Crippen LogP contribution >= 0.6 is 11.3 Å². The van der Waals surface area contributed by atoms with Crippen molar-refractivity contribution in [3.05, 3.63) is 59.5 Å². The highest BCUT2D eigenvalue weighted by Crippen LogP contribution is 2.32. The van der Waals surface area contributed by atoms with E-state index in [0.29, 0.717) is 16.3 Å². The first-order chi connectivity index (χ1) is 13.2. The molecule has 1 N–H and O–H groups in total.